The highest BCUT2D eigenvalue weighted by molar-refractivity contribution is 7.99. The maximum Gasteiger partial charge on any atom is 0.253 e. The summed E-state index contributed by atoms with van der Waals surface area (Å²) < 4.78 is 0. The minimum atomic E-state index is -0.183. The molecule has 2 aromatic carbocycles. The third-order valence-corrected chi connectivity index (χ3v) is 5.35. The van der Waals surface area contributed by atoms with Crippen LogP contribution in [0.2, 0.25) is 0 Å². The first-order valence-electron chi connectivity index (χ1n) is 8.90. The maximum atomic E-state index is 12.4. The number of carbonyl (C=O) groups is 2. The van der Waals surface area contributed by atoms with E-state index < -0.39 is 0 Å². The van der Waals surface area contributed by atoms with E-state index in [1.165, 1.54) is 5.56 Å². The largest absolute Gasteiger partial charge is 0.339 e. The van der Waals surface area contributed by atoms with E-state index in [1.54, 1.807) is 34.9 Å². The zero-order valence-corrected chi connectivity index (χ0v) is 16.4. The number of benzene rings is 2. The first kappa shape index (κ1) is 20.0. The van der Waals surface area contributed by atoms with Crippen LogP contribution in [0.5, 0.6) is 0 Å². The molecule has 2 amide bonds. The fourth-order valence-electron chi connectivity index (χ4n) is 2.54. The van der Waals surface area contributed by atoms with Crippen molar-refractivity contribution in [3.05, 3.63) is 65.7 Å². The van der Waals surface area contributed by atoms with Crippen LogP contribution in [0.1, 0.15) is 36.7 Å². The van der Waals surface area contributed by atoms with Crippen LogP contribution >= 0.6 is 11.8 Å². The molecule has 0 saturated carbocycles. The second-order valence-electron chi connectivity index (χ2n) is 5.99. The Balaban J connectivity index is 1.96. The summed E-state index contributed by atoms with van der Waals surface area (Å²) in [5.41, 5.74) is 2.44. The van der Waals surface area contributed by atoms with Gasteiger partial charge in [-0.1, -0.05) is 36.4 Å². The van der Waals surface area contributed by atoms with Crippen LogP contribution in [-0.4, -0.2) is 35.1 Å². The van der Waals surface area contributed by atoms with Crippen molar-refractivity contribution >= 4 is 29.3 Å². The van der Waals surface area contributed by atoms with Gasteiger partial charge in [-0.2, -0.15) is 0 Å². The summed E-state index contributed by atoms with van der Waals surface area (Å²) in [6.45, 7) is 7.14. The van der Waals surface area contributed by atoms with Gasteiger partial charge in [-0.15, -0.1) is 11.8 Å². The number of hydrogen-bond donors (Lipinski definition) is 1. The van der Waals surface area contributed by atoms with Crippen molar-refractivity contribution in [3.8, 4) is 0 Å². The average Bonchev–Trinajstić information content (AvgIpc) is 2.68. The third kappa shape index (κ3) is 5.63. The molecule has 138 valence electrons. The van der Waals surface area contributed by atoms with E-state index >= 15 is 0 Å². The molecular formula is C21H26N2O2S. The van der Waals surface area contributed by atoms with Gasteiger partial charge in [0.05, 0.1) is 5.25 Å². The second kappa shape index (κ2) is 10.0. The summed E-state index contributed by atoms with van der Waals surface area (Å²) in [7, 11) is 0. The van der Waals surface area contributed by atoms with Gasteiger partial charge in [0.1, 0.15) is 0 Å². The number of anilines is 1. The quantitative estimate of drug-likeness (QED) is 0.748. The van der Waals surface area contributed by atoms with Crippen molar-refractivity contribution in [2.45, 2.75) is 31.8 Å². The molecule has 0 aliphatic rings. The highest BCUT2D eigenvalue weighted by Gasteiger charge is 2.16. The van der Waals surface area contributed by atoms with Gasteiger partial charge in [0.15, 0.2) is 0 Å². The molecule has 0 bridgehead atoms. The normalized spacial score (nSPS) is 11.7. The lowest BCUT2D eigenvalue weighted by Gasteiger charge is -2.19. The summed E-state index contributed by atoms with van der Waals surface area (Å²) in [6, 6.07) is 17.2. The van der Waals surface area contributed by atoms with Crippen molar-refractivity contribution in [1.82, 2.24) is 4.90 Å². The average molecular weight is 371 g/mol. The molecule has 0 heterocycles. The van der Waals surface area contributed by atoms with E-state index in [0.29, 0.717) is 24.3 Å². The summed E-state index contributed by atoms with van der Waals surface area (Å²) in [6.07, 6.45) is 0. The second-order valence-corrected chi connectivity index (χ2v) is 7.32. The number of thioether (sulfide) groups is 1. The Kier molecular flexibility index (Phi) is 7.73. The van der Waals surface area contributed by atoms with Gasteiger partial charge in [-0.05, 0) is 44.5 Å². The van der Waals surface area contributed by atoms with Crippen molar-refractivity contribution in [2.24, 2.45) is 0 Å². The van der Waals surface area contributed by atoms with Crippen molar-refractivity contribution in [2.75, 3.05) is 18.4 Å². The van der Waals surface area contributed by atoms with Crippen LogP contribution < -0.4 is 5.32 Å². The summed E-state index contributed by atoms with van der Waals surface area (Å²) in [5.74, 6) is 0.714. The van der Waals surface area contributed by atoms with Gasteiger partial charge in [-0.3, -0.25) is 9.59 Å². The first-order valence-corrected chi connectivity index (χ1v) is 9.95. The number of rotatable bonds is 8. The fraction of sp³-hybridized carbons (Fsp3) is 0.333. The van der Waals surface area contributed by atoms with E-state index in [0.717, 1.165) is 5.75 Å². The van der Waals surface area contributed by atoms with Gasteiger partial charge in [0.2, 0.25) is 5.91 Å². The van der Waals surface area contributed by atoms with Crippen molar-refractivity contribution < 1.29 is 9.59 Å². The van der Waals surface area contributed by atoms with E-state index in [4.69, 9.17) is 0 Å². The SMILES string of the molecule is CCN(CC)C(=O)c1cccc(NC(=O)C(C)SCc2ccccc2)c1. The van der Waals surface area contributed by atoms with Crippen LogP contribution in [0.15, 0.2) is 54.6 Å². The monoisotopic (exact) mass is 370 g/mol. The van der Waals surface area contributed by atoms with Gasteiger partial charge >= 0.3 is 0 Å². The molecule has 0 aromatic heterocycles. The molecular weight excluding hydrogens is 344 g/mol. The van der Waals surface area contributed by atoms with Crippen LogP contribution in [0.4, 0.5) is 5.69 Å². The predicted octanol–water partition coefficient (Wildman–Crippen LogP) is 4.43. The van der Waals surface area contributed by atoms with Crippen molar-refractivity contribution in [3.63, 3.8) is 0 Å². The fourth-order valence-corrected chi connectivity index (χ4v) is 3.38. The van der Waals surface area contributed by atoms with Crippen LogP contribution in [0.25, 0.3) is 0 Å². The molecule has 1 atom stereocenters. The third-order valence-electron chi connectivity index (χ3n) is 4.14. The lowest BCUT2D eigenvalue weighted by atomic mass is 10.1. The molecule has 0 radical (unpaired) electrons. The molecule has 0 fully saturated rings. The van der Waals surface area contributed by atoms with E-state index in [1.807, 2.05) is 45.0 Å². The number of amides is 2. The molecule has 0 spiro atoms. The topological polar surface area (TPSA) is 49.4 Å². The van der Waals surface area contributed by atoms with E-state index in [-0.39, 0.29) is 17.1 Å². The smallest absolute Gasteiger partial charge is 0.253 e. The molecule has 5 heteroatoms. The molecule has 2 rings (SSSR count). The van der Waals surface area contributed by atoms with E-state index in [2.05, 4.69) is 17.4 Å². The molecule has 0 aliphatic carbocycles. The molecule has 0 aliphatic heterocycles. The van der Waals surface area contributed by atoms with Gasteiger partial charge in [0, 0.05) is 30.1 Å². The molecule has 4 nitrogen and oxygen atoms in total. The van der Waals surface area contributed by atoms with Crippen LogP contribution in [-0.2, 0) is 10.5 Å². The van der Waals surface area contributed by atoms with Crippen molar-refractivity contribution in [1.29, 1.82) is 0 Å². The molecule has 1 unspecified atom stereocenters. The zero-order valence-electron chi connectivity index (χ0n) is 15.6. The Morgan fingerprint density at radius 2 is 1.73 bits per heavy atom. The molecule has 0 saturated heterocycles. The highest BCUT2D eigenvalue weighted by atomic mass is 32.2. The van der Waals surface area contributed by atoms with Gasteiger partial charge in [-0.25, -0.2) is 0 Å². The minimum Gasteiger partial charge on any atom is -0.339 e. The van der Waals surface area contributed by atoms with Gasteiger partial charge in [0.25, 0.3) is 5.91 Å². The standard InChI is InChI=1S/C21H26N2O2S/c1-4-23(5-2)21(25)18-12-9-13-19(14-18)22-20(24)16(3)26-15-17-10-7-6-8-11-17/h6-14,16H,4-5,15H2,1-3H3,(H,22,24). The minimum absolute atomic E-state index is 0.0161. The number of nitrogens with one attached hydrogen (secondary N) is 1. The Hall–Kier alpha value is -2.27. The highest BCUT2D eigenvalue weighted by Crippen LogP contribution is 2.20. The first-order chi connectivity index (χ1) is 12.5. The zero-order chi connectivity index (χ0) is 18.9. The van der Waals surface area contributed by atoms with E-state index in [9.17, 15) is 9.59 Å². The number of hydrogen-bond acceptors (Lipinski definition) is 3. The summed E-state index contributed by atoms with van der Waals surface area (Å²) in [4.78, 5) is 26.6. The van der Waals surface area contributed by atoms with Crippen LogP contribution in [0.3, 0.4) is 0 Å². The molecule has 1 N–H and O–H groups in total. The lowest BCUT2D eigenvalue weighted by Crippen LogP contribution is -2.30. The summed E-state index contributed by atoms with van der Waals surface area (Å²) in [5, 5.41) is 2.73. The summed E-state index contributed by atoms with van der Waals surface area (Å²) >= 11 is 1.59. The maximum absolute atomic E-state index is 12.4. The molecule has 2 aromatic rings. The Morgan fingerprint density at radius 3 is 2.38 bits per heavy atom. The van der Waals surface area contributed by atoms with Gasteiger partial charge < -0.3 is 10.2 Å². The molecule has 26 heavy (non-hydrogen) atoms. The lowest BCUT2D eigenvalue weighted by molar-refractivity contribution is -0.115. The van der Waals surface area contributed by atoms with Crippen LogP contribution in [0, 0.1) is 0 Å². The number of nitrogens with zero attached hydrogens (tertiary/aromatic N) is 1. The predicted molar refractivity (Wildman–Crippen MR) is 110 cm³/mol. The Labute approximate surface area is 160 Å². The number of carbonyl (C=O) groups excluding carboxylic acids is 2. The Bertz CT molecular complexity index is 730. The Morgan fingerprint density at radius 1 is 1.04 bits per heavy atom.